The normalized spacial score (nSPS) is 10.8. The standard InChI is InChI=1S/C14H11ClN2O2/c1-10-3-2-4-12(7-10)16-9-11-8-13(17(18)19)5-6-14(11)15/h2-9H,1H3. The van der Waals surface area contributed by atoms with Gasteiger partial charge in [0, 0.05) is 28.9 Å². The first-order valence-electron chi connectivity index (χ1n) is 5.61. The molecule has 0 amide bonds. The van der Waals surface area contributed by atoms with Gasteiger partial charge >= 0.3 is 0 Å². The lowest BCUT2D eigenvalue weighted by molar-refractivity contribution is -0.384. The number of hydrogen-bond acceptors (Lipinski definition) is 3. The van der Waals surface area contributed by atoms with E-state index < -0.39 is 4.92 Å². The number of aliphatic imine (C=N–C) groups is 1. The molecule has 2 aromatic rings. The number of benzene rings is 2. The Labute approximate surface area is 115 Å². The highest BCUT2D eigenvalue weighted by Crippen LogP contribution is 2.21. The topological polar surface area (TPSA) is 55.5 Å². The molecule has 0 heterocycles. The smallest absolute Gasteiger partial charge is 0.258 e. The maximum absolute atomic E-state index is 10.7. The molecule has 0 aromatic heterocycles. The monoisotopic (exact) mass is 274 g/mol. The van der Waals surface area contributed by atoms with Crippen molar-refractivity contribution in [1.82, 2.24) is 0 Å². The van der Waals surface area contributed by atoms with Gasteiger partial charge in [-0.05, 0) is 30.7 Å². The summed E-state index contributed by atoms with van der Waals surface area (Å²) in [5, 5.41) is 11.1. The van der Waals surface area contributed by atoms with E-state index in [9.17, 15) is 10.1 Å². The summed E-state index contributed by atoms with van der Waals surface area (Å²) in [6, 6.07) is 11.9. The van der Waals surface area contributed by atoms with Crippen LogP contribution in [0, 0.1) is 17.0 Å². The van der Waals surface area contributed by atoms with Crippen LogP contribution in [0.1, 0.15) is 11.1 Å². The fraction of sp³-hybridized carbons (Fsp3) is 0.0714. The average molecular weight is 275 g/mol. The highest BCUT2D eigenvalue weighted by atomic mass is 35.5. The zero-order valence-corrected chi connectivity index (χ0v) is 11.0. The Morgan fingerprint density at radius 2 is 2.05 bits per heavy atom. The lowest BCUT2D eigenvalue weighted by Crippen LogP contribution is -1.90. The molecular weight excluding hydrogens is 264 g/mol. The Morgan fingerprint density at radius 1 is 1.26 bits per heavy atom. The Kier molecular flexibility index (Phi) is 3.92. The van der Waals surface area contributed by atoms with Crippen molar-refractivity contribution in [2.45, 2.75) is 6.92 Å². The predicted molar refractivity (Wildman–Crippen MR) is 76.5 cm³/mol. The van der Waals surface area contributed by atoms with Gasteiger partial charge in [-0.15, -0.1) is 0 Å². The first kappa shape index (κ1) is 13.2. The van der Waals surface area contributed by atoms with Gasteiger partial charge in [-0.1, -0.05) is 23.7 Å². The first-order valence-corrected chi connectivity index (χ1v) is 5.99. The number of halogens is 1. The van der Waals surface area contributed by atoms with E-state index in [1.54, 1.807) is 0 Å². The molecule has 0 saturated heterocycles. The van der Waals surface area contributed by atoms with Gasteiger partial charge in [0.05, 0.1) is 10.6 Å². The van der Waals surface area contributed by atoms with Crippen LogP contribution in [-0.2, 0) is 0 Å². The van der Waals surface area contributed by atoms with Crippen LogP contribution >= 0.6 is 11.6 Å². The summed E-state index contributed by atoms with van der Waals surface area (Å²) in [4.78, 5) is 14.5. The second-order valence-electron chi connectivity index (χ2n) is 4.06. The molecule has 0 spiro atoms. The fourth-order valence-corrected chi connectivity index (χ4v) is 1.76. The molecule has 0 aliphatic rings. The van der Waals surface area contributed by atoms with Crippen molar-refractivity contribution >= 4 is 29.2 Å². The van der Waals surface area contributed by atoms with Crippen molar-refractivity contribution in [1.29, 1.82) is 0 Å². The number of nitrogens with zero attached hydrogens (tertiary/aromatic N) is 2. The maximum atomic E-state index is 10.7. The van der Waals surface area contributed by atoms with Crippen LogP contribution in [0.15, 0.2) is 47.5 Å². The van der Waals surface area contributed by atoms with Crippen LogP contribution in [0.4, 0.5) is 11.4 Å². The number of aryl methyl sites for hydroxylation is 1. The van der Waals surface area contributed by atoms with Gasteiger partial charge in [0.25, 0.3) is 5.69 Å². The second-order valence-corrected chi connectivity index (χ2v) is 4.47. The Bertz CT molecular complexity index is 654. The van der Waals surface area contributed by atoms with Gasteiger partial charge in [0.15, 0.2) is 0 Å². The van der Waals surface area contributed by atoms with Crippen LogP contribution in [0.3, 0.4) is 0 Å². The van der Waals surface area contributed by atoms with Gasteiger partial charge in [-0.2, -0.15) is 0 Å². The van der Waals surface area contributed by atoms with Crippen LogP contribution in [0.5, 0.6) is 0 Å². The van der Waals surface area contributed by atoms with E-state index in [-0.39, 0.29) is 5.69 Å². The molecule has 96 valence electrons. The molecular formula is C14H11ClN2O2. The van der Waals surface area contributed by atoms with Crippen molar-refractivity contribution in [3.63, 3.8) is 0 Å². The van der Waals surface area contributed by atoms with E-state index in [1.807, 2.05) is 31.2 Å². The summed E-state index contributed by atoms with van der Waals surface area (Å²) < 4.78 is 0. The molecule has 0 radical (unpaired) electrons. The predicted octanol–water partition coefficient (Wildman–Crippen LogP) is 4.31. The average Bonchev–Trinajstić information content (AvgIpc) is 2.37. The lowest BCUT2D eigenvalue weighted by atomic mass is 10.2. The highest BCUT2D eigenvalue weighted by Gasteiger charge is 2.08. The van der Waals surface area contributed by atoms with Gasteiger partial charge in [-0.3, -0.25) is 15.1 Å². The Morgan fingerprint density at radius 3 is 2.74 bits per heavy atom. The van der Waals surface area contributed by atoms with E-state index in [0.717, 1.165) is 11.3 Å². The maximum Gasteiger partial charge on any atom is 0.270 e. The number of hydrogen-bond donors (Lipinski definition) is 0. The van der Waals surface area contributed by atoms with Crippen molar-refractivity contribution in [3.8, 4) is 0 Å². The van der Waals surface area contributed by atoms with E-state index >= 15 is 0 Å². The van der Waals surface area contributed by atoms with Crippen LogP contribution in [0.25, 0.3) is 0 Å². The van der Waals surface area contributed by atoms with Crippen LogP contribution < -0.4 is 0 Å². The first-order chi connectivity index (χ1) is 9.06. The lowest BCUT2D eigenvalue weighted by Gasteiger charge is -1.99. The van der Waals surface area contributed by atoms with Gasteiger partial charge in [-0.25, -0.2) is 0 Å². The van der Waals surface area contributed by atoms with Crippen molar-refractivity contribution in [3.05, 3.63) is 68.7 Å². The summed E-state index contributed by atoms with van der Waals surface area (Å²) in [5.41, 5.74) is 2.40. The molecule has 2 rings (SSSR count). The molecule has 0 N–H and O–H groups in total. The summed E-state index contributed by atoms with van der Waals surface area (Å²) in [7, 11) is 0. The molecule has 0 unspecified atom stereocenters. The summed E-state index contributed by atoms with van der Waals surface area (Å²) in [6.45, 7) is 1.97. The minimum Gasteiger partial charge on any atom is -0.258 e. The Hall–Kier alpha value is -2.20. The van der Waals surface area contributed by atoms with Crippen molar-refractivity contribution in [2.75, 3.05) is 0 Å². The van der Waals surface area contributed by atoms with Gasteiger partial charge in [0.1, 0.15) is 0 Å². The van der Waals surface area contributed by atoms with Crippen LogP contribution in [0.2, 0.25) is 5.02 Å². The van der Waals surface area contributed by atoms with E-state index in [2.05, 4.69) is 4.99 Å². The molecule has 0 fully saturated rings. The third-order valence-corrected chi connectivity index (χ3v) is 2.89. The molecule has 19 heavy (non-hydrogen) atoms. The zero-order valence-electron chi connectivity index (χ0n) is 10.2. The number of nitro benzene ring substituents is 1. The fourth-order valence-electron chi connectivity index (χ4n) is 1.60. The molecule has 0 aliphatic heterocycles. The third kappa shape index (κ3) is 3.39. The number of non-ortho nitro benzene ring substituents is 1. The van der Waals surface area contributed by atoms with E-state index in [0.29, 0.717) is 10.6 Å². The number of nitro groups is 1. The van der Waals surface area contributed by atoms with Crippen LogP contribution in [-0.4, -0.2) is 11.1 Å². The van der Waals surface area contributed by atoms with E-state index in [1.165, 1.54) is 24.4 Å². The minimum absolute atomic E-state index is 0.00454. The summed E-state index contributed by atoms with van der Waals surface area (Å²) in [5.74, 6) is 0. The molecule has 0 saturated carbocycles. The zero-order chi connectivity index (χ0) is 13.8. The van der Waals surface area contributed by atoms with Crippen molar-refractivity contribution < 1.29 is 4.92 Å². The SMILES string of the molecule is Cc1cccc(N=Cc2cc([N+](=O)[O-])ccc2Cl)c1. The largest absolute Gasteiger partial charge is 0.270 e. The van der Waals surface area contributed by atoms with Gasteiger partial charge in [0.2, 0.25) is 0 Å². The quantitative estimate of drug-likeness (QED) is 0.476. The van der Waals surface area contributed by atoms with E-state index in [4.69, 9.17) is 11.6 Å². The second kappa shape index (κ2) is 5.63. The molecule has 0 atom stereocenters. The number of rotatable bonds is 3. The molecule has 0 bridgehead atoms. The molecule has 4 nitrogen and oxygen atoms in total. The van der Waals surface area contributed by atoms with Gasteiger partial charge < -0.3 is 0 Å². The molecule has 0 aliphatic carbocycles. The molecule has 2 aromatic carbocycles. The highest BCUT2D eigenvalue weighted by molar-refractivity contribution is 6.33. The molecule has 5 heteroatoms. The third-order valence-electron chi connectivity index (χ3n) is 2.54. The summed E-state index contributed by atoms with van der Waals surface area (Å²) >= 11 is 5.98. The van der Waals surface area contributed by atoms with Crippen molar-refractivity contribution in [2.24, 2.45) is 4.99 Å². The minimum atomic E-state index is -0.458. The summed E-state index contributed by atoms with van der Waals surface area (Å²) in [6.07, 6.45) is 1.53. The Balaban J connectivity index is 2.32.